The van der Waals surface area contributed by atoms with Gasteiger partial charge in [-0.1, -0.05) is 47.1 Å². The molecule has 0 aliphatic rings. The maximum atomic E-state index is 3.93. The maximum absolute atomic E-state index is 3.93. The minimum atomic E-state index is 0.690. The maximum Gasteiger partial charge on any atom is -0.0182 e. The van der Waals surface area contributed by atoms with Crippen molar-refractivity contribution in [1.29, 1.82) is 0 Å². The third-order valence-electron chi connectivity index (χ3n) is 3.23. The minimum absolute atomic E-state index is 0.690. The summed E-state index contributed by atoms with van der Waals surface area (Å²) in [4.78, 5) is 0. The van der Waals surface area contributed by atoms with Gasteiger partial charge in [-0.25, -0.2) is 0 Å². The Bertz CT molecular complexity index is 124. The van der Waals surface area contributed by atoms with Gasteiger partial charge in [-0.3, -0.25) is 0 Å². The van der Waals surface area contributed by atoms with Crippen molar-refractivity contribution < 1.29 is 0 Å². The molecule has 3 atom stereocenters. The van der Waals surface area contributed by atoms with Gasteiger partial charge in [0.15, 0.2) is 0 Å². The standard InChI is InChI=1S/C12H24/c1-7-10(5)12(8-2)11(6)9(3)4/h8-12H,2,7H2,1,3-6H3. The van der Waals surface area contributed by atoms with Crippen molar-refractivity contribution in [2.45, 2.75) is 41.0 Å². The van der Waals surface area contributed by atoms with Crippen LogP contribution < -0.4 is 0 Å². The van der Waals surface area contributed by atoms with Crippen molar-refractivity contribution >= 4 is 0 Å². The van der Waals surface area contributed by atoms with Crippen molar-refractivity contribution in [2.75, 3.05) is 0 Å². The van der Waals surface area contributed by atoms with Crippen LogP contribution in [0.25, 0.3) is 0 Å². The van der Waals surface area contributed by atoms with Gasteiger partial charge in [-0.15, -0.1) is 6.58 Å². The minimum Gasteiger partial charge on any atom is -0.103 e. The molecule has 0 nitrogen and oxygen atoms in total. The first-order chi connectivity index (χ1) is 5.54. The molecule has 0 saturated carbocycles. The van der Waals surface area contributed by atoms with Crippen LogP contribution in [0.1, 0.15) is 41.0 Å². The summed E-state index contributed by atoms with van der Waals surface area (Å²) in [6.45, 7) is 15.4. The number of hydrogen-bond donors (Lipinski definition) is 0. The molecule has 0 spiro atoms. The molecule has 0 bridgehead atoms. The summed E-state index contributed by atoms with van der Waals surface area (Å²) in [5, 5.41) is 0. The predicted molar refractivity (Wildman–Crippen MR) is 57.1 cm³/mol. The molecule has 3 unspecified atom stereocenters. The zero-order valence-electron chi connectivity index (χ0n) is 9.30. The van der Waals surface area contributed by atoms with Gasteiger partial charge >= 0.3 is 0 Å². The Kier molecular flexibility index (Phi) is 5.28. The monoisotopic (exact) mass is 168 g/mol. The first kappa shape index (κ1) is 11.7. The number of rotatable bonds is 5. The van der Waals surface area contributed by atoms with Gasteiger partial charge in [-0.05, 0) is 23.7 Å². The summed E-state index contributed by atoms with van der Waals surface area (Å²) in [7, 11) is 0. The molecule has 0 aromatic carbocycles. The SMILES string of the molecule is C=CC(C(C)CC)C(C)C(C)C. The van der Waals surface area contributed by atoms with Crippen LogP contribution in [0, 0.1) is 23.7 Å². The van der Waals surface area contributed by atoms with E-state index in [2.05, 4.69) is 47.3 Å². The van der Waals surface area contributed by atoms with Crippen LogP contribution in [0.4, 0.5) is 0 Å². The van der Waals surface area contributed by atoms with Crippen molar-refractivity contribution in [3.63, 3.8) is 0 Å². The molecule has 0 aliphatic carbocycles. The molecule has 0 aliphatic heterocycles. The molecule has 0 aromatic rings. The Labute approximate surface area is 78.1 Å². The van der Waals surface area contributed by atoms with Gasteiger partial charge in [-0.2, -0.15) is 0 Å². The van der Waals surface area contributed by atoms with E-state index in [0.29, 0.717) is 5.92 Å². The zero-order chi connectivity index (χ0) is 9.72. The largest absolute Gasteiger partial charge is 0.103 e. The molecule has 72 valence electrons. The van der Waals surface area contributed by atoms with Crippen molar-refractivity contribution in [2.24, 2.45) is 23.7 Å². The van der Waals surface area contributed by atoms with Crippen molar-refractivity contribution in [1.82, 2.24) is 0 Å². The van der Waals surface area contributed by atoms with Crippen LogP contribution in [-0.2, 0) is 0 Å². The second kappa shape index (κ2) is 5.40. The summed E-state index contributed by atoms with van der Waals surface area (Å²) < 4.78 is 0. The zero-order valence-corrected chi connectivity index (χ0v) is 9.30. The summed E-state index contributed by atoms with van der Waals surface area (Å²) in [6, 6.07) is 0. The van der Waals surface area contributed by atoms with Gasteiger partial charge in [0.1, 0.15) is 0 Å². The van der Waals surface area contributed by atoms with Crippen LogP contribution in [0.5, 0.6) is 0 Å². The van der Waals surface area contributed by atoms with Crippen LogP contribution >= 0.6 is 0 Å². The van der Waals surface area contributed by atoms with E-state index < -0.39 is 0 Å². The fraction of sp³-hybridized carbons (Fsp3) is 0.833. The van der Waals surface area contributed by atoms with Gasteiger partial charge in [0.2, 0.25) is 0 Å². The van der Waals surface area contributed by atoms with Crippen LogP contribution in [-0.4, -0.2) is 0 Å². The molecule has 0 amide bonds. The molecule has 0 rings (SSSR count). The first-order valence-corrected chi connectivity index (χ1v) is 5.17. The summed E-state index contributed by atoms with van der Waals surface area (Å²) in [6.07, 6.45) is 3.40. The molecule has 0 N–H and O–H groups in total. The van der Waals surface area contributed by atoms with E-state index in [-0.39, 0.29) is 0 Å². The van der Waals surface area contributed by atoms with Crippen LogP contribution in [0.3, 0.4) is 0 Å². The lowest BCUT2D eigenvalue weighted by Crippen LogP contribution is -2.21. The van der Waals surface area contributed by atoms with Crippen LogP contribution in [0.2, 0.25) is 0 Å². The Morgan fingerprint density at radius 2 is 1.67 bits per heavy atom. The average Bonchev–Trinajstić information content (AvgIpc) is 2.05. The molecule has 0 heterocycles. The Morgan fingerprint density at radius 3 is 1.92 bits per heavy atom. The van der Waals surface area contributed by atoms with E-state index in [1.165, 1.54) is 6.42 Å². The molecule has 0 radical (unpaired) electrons. The van der Waals surface area contributed by atoms with E-state index in [1.807, 2.05) is 0 Å². The highest BCUT2D eigenvalue weighted by Gasteiger charge is 2.21. The highest BCUT2D eigenvalue weighted by atomic mass is 14.3. The summed E-state index contributed by atoms with van der Waals surface area (Å²) >= 11 is 0. The average molecular weight is 168 g/mol. The number of hydrogen-bond acceptors (Lipinski definition) is 0. The van der Waals surface area contributed by atoms with Crippen molar-refractivity contribution in [3.05, 3.63) is 12.7 Å². The fourth-order valence-electron chi connectivity index (χ4n) is 1.68. The predicted octanol–water partition coefficient (Wildman–Crippen LogP) is 4.13. The lowest BCUT2D eigenvalue weighted by Gasteiger charge is -2.28. The molecular formula is C12H24. The van der Waals surface area contributed by atoms with E-state index in [0.717, 1.165) is 17.8 Å². The molecule has 0 fully saturated rings. The summed E-state index contributed by atoms with van der Waals surface area (Å²) in [5.41, 5.74) is 0. The van der Waals surface area contributed by atoms with Crippen LogP contribution in [0.15, 0.2) is 12.7 Å². The van der Waals surface area contributed by atoms with Gasteiger partial charge in [0.05, 0.1) is 0 Å². The normalized spacial score (nSPS) is 18.8. The van der Waals surface area contributed by atoms with Gasteiger partial charge in [0.25, 0.3) is 0 Å². The highest BCUT2D eigenvalue weighted by Crippen LogP contribution is 2.29. The quantitative estimate of drug-likeness (QED) is 0.541. The molecule has 0 heteroatoms. The van der Waals surface area contributed by atoms with E-state index >= 15 is 0 Å². The van der Waals surface area contributed by atoms with E-state index in [1.54, 1.807) is 0 Å². The Hall–Kier alpha value is -0.260. The molecule has 12 heavy (non-hydrogen) atoms. The molecule has 0 aromatic heterocycles. The highest BCUT2D eigenvalue weighted by molar-refractivity contribution is 4.87. The Balaban J connectivity index is 4.23. The van der Waals surface area contributed by atoms with Gasteiger partial charge < -0.3 is 0 Å². The van der Waals surface area contributed by atoms with E-state index in [4.69, 9.17) is 0 Å². The lowest BCUT2D eigenvalue weighted by molar-refractivity contribution is 0.248. The lowest BCUT2D eigenvalue weighted by atomic mass is 9.77. The van der Waals surface area contributed by atoms with Crippen molar-refractivity contribution in [3.8, 4) is 0 Å². The topological polar surface area (TPSA) is 0 Å². The first-order valence-electron chi connectivity index (χ1n) is 5.17. The van der Waals surface area contributed by atoms with Gasteiger partial charge in [0, 0.05) is 0 Å². The summed E-state index contributed by atoms with van der Waals surface area (Å²) in [5.74, 6) is 2.99. The second-order valence-electron chi connectivity index (χ2n) is 4.30. The third-order valence-corrected chi connectivity index (χ3v) is 3.23. The molecular weight excluding hydrogens is 144 g/mol. The molecule has 0 saturated heterocycles. The number of allylic oxidation sites excluding steroid dienone is 1. The second-order valence-corrected chi connectivity index (χ2v) is 4.30. The smallest absolute Gasteiger partial charge is 0.0182 e. The van der Waals surface area contributed by atoms with E-state index in [9.17, 15) is 0 Å². The Morgan fingerprint density at radius 1 is 1.17 bits per heavy atom. The fourth-order valence-corrected chi connectivity index (χ4v) is 1.68. The third kappa shape index (κ3) is 3.00.